The molecule has 4 aromatic carbocycles. The van der Waals surface area contributed by atoms with Gasteiger partial charge in [-0.3, -0.25) is 0 Å². The van der Waals surface area contributed by atoms with Gasteiger partial charge >= 0.3 is 0 Å². The van der Waals surface area contributed by atoms with Crippen molar-refractivity contribution in [3.63, 3.8) is 0 Å². The Morgan fingerprint density at radius 1 is 0.567 bits per heavy atom. The van der Waals surface area contributed by atoms with Gasteiger partial charge in [0.1, 0.15) is 17.2 Å². The number of para-hydroxylation sites is 2. The largest absolute Gasteiger partial charge is 0.508 e. The molecule has 4 aromatic rings. The third-order valence-electron chi connectivity index (χ3n) is 5.76. The van der Waals surface area contributed by atoms with Gasteiger partial charge in [-0.1, -0.05) is 72.8 Å². The lowest BCUT2D eigenvalue weighted by atomic mass is 9.70. The fourth-order valence-corrected chi connectivity index (χ4v) is 4.05. The molecular formula is C27H24O3. The van der Waals surface area contributed by atoms with Crippen LogP contribution in [0.4, 0.5) is 0 Å². The fourth-order valence-electron chi connectivity index (χ4n) is 4.05. The number of phenols is 3. The molecule has 0 aliphatic rings. The molecule has 0 aliphatic carbocycles. The van der Waals surface area contributed by atoms with E-state index in [0.29, 0.717) is 0 Å². The van der Waals surface area contributed by atoms with Crippen molar-refractivity contribution in [2.75, 3.05) is 0 Å². The predicted octanol–water partition coefficient (Wildman–Crippen LogP) is 5.75. The van der Waals surface area contributed by atoms with Gasteiger partial charge in [-0.2, -0.15) is 0 Å². The maximum Gasteiger partial charge on any atom is 0.120 e. The Morgan fingerprint density at radius 2 is 1.00 bits per heavy atom. The maximum absolute atomic E-state index is 10.6. The molecule has 0 saturated heterocycles. The molecule has 0 unspecified atom stereocenters. The zero-order chi connectivity index (χ0) is 21.1. The highest BCUT2D eigenvalue weighted by Gasteiger charge is 2.35. The van der Waals surface area contributed by atoms with Crippen LogP contribution >= 0.6 is 0 Å². The predicted molar refractivity (Wildman–Crippen MR) is 119 cm³/mol. The summed E-state index contributed by atoms with van der Waals surface area (Å²) in [5, 5.41) is 30.7. The van der Waals surface area contributed by atoms with Crippen molar-refractivity contribution in [3.8, 4) is 17.2 Å². The van der Waals surface area contributed by atoms with Crippen LogP contribution < -0.4 is 0 Å². The average Bonchev–Trinajstić information content (AvgIpc) is 2.76. The van der Waals surface area contributed by atoms with Gasteiger partial charge in [0, 0.05) is 16.5 Å². The van der Waals surface area contributed by atoms with Gasteiger partial charge in [0.15, 0.2) is 0 Å². The summed E-state index contributed by atoms with van der Waals surface area (Å²) in [6.07, 6.45) is 0.754. The number of aromatic hydroxyl groups is 3. The topological polar surface area (TPSA) is 60.7 Å². The van der Waals surface area contributed by atoms with E-state index in [-0.39, 0.29) is 17.2 Å². The Hall–Kier alpha value is -3.72. The maximum atomic E-state index is 10.6. The number of benzene rings is 4. The summed E-state index contributed by atoms with van der Waals surface area (Å²) in [5.41, 5.74) is 3.97. The summed E-state index contributed by atoms with van der Waals surface area (Å²) in [6, 6.07) is 30.0. The minimum Gasteiger partial charge on any atom is -0.508 e. The standard InChI is InChI=1S/C27H24O3/c1-27(23-6-2-4-8-25(23)29,24-7-3-5-9-26(24)30)21-14-10-19(11-15-21)18-20-12-16-22(28)17-13-20/h2-17,28-30H,18H2,1H3. The van der Waals surface area contributed by atoms with E-state index in [1.807, 2.05) is 43.3 Å². The number of hydrogen-bond acceptors (Lipinski definition) is 3. The Bertz CT molecular complexity index is 1100. The highest BCUT2D eigenvalue weighted by Crippen LogP contribution is 2.45. The van der Waals surface area contributed by atoms with Crippen LogP contribution in [0.1, 0.15) is 34.7 Å². The van der Waals surface area contributed by atoms with Gasteiger partial charge in [-0.05, 0) is 54.3 Å². The van der Waals surface area contributed by atoms with E-state index in [4.69, 9.17) is 0 Å². The van der Waals surface area contributed by atoms with Gasteiger partial charge < -0.3 is 15.3 Å². The third-order valence-corrected chi connectivity index (χ3v) is 5.76. The second-order valence-electron chi connectivity index (χ2n) is 7.70. The fraction of sp³-hybridized carbons (Fsp3) is 0.111. The lowest BCUT2D eigenvalue weighted by molar-refractivity contribution is 0.442. The lowest BCUT2D eigenvalue weighted by Gasteiger charge is -2.33. The van der Waals surface area contributed by atoms with E-state index in [0.717, 1.165) is 34.2 Å². The molecule has 3 heteroatoms. The first kappa shape index (κ1) is 19.6. The minimum absolute atomic E-state index is 0.191. The summed E-state index contributed by atoms with van der Waals surface area (Å²) < 4.78 is 0. The van der Waals surface area contributed by atoms with Crippen LogP contribution in [0.5, 0.6) is 17.2 Å². The summed E-state index contributed by atoms with van der Waals surface area (Å²) >= 11 is 0. The SMILES string of the molecule is CC(c1ccc(Cc2ccc(O)cc2)cc1)(c1ccccc1O)c1ccccc1O. The van der Waals surface area contributed by atoms with Gasteiger partial charge in [0.25, 0.3) is 0 Å². The van der Waals surface area contributed by atoms with E-state index in [1.165, 1.54) is 0 Å². The molecule has 0 atom stereocenters. The summed E-state index contributed by atoms with van der Waals surface area (Å²) in [7, 11) is 0. The first-order valence-electron chi connectivity index (χ1n) is 9.93. The molecule has 0 saturated carbocycles. The van der Waals surface area contributed by atoms with Crippen molar-refractivity contribution >= 4 is 0 Å². The van der Waals surface area contributed by atoms with Crippen LogP contribution in [0.15, 0.2) is 97.1 Å². The van der Waals surface area contributed by atoms with Crippen molar-refractivity contribution in [1.29, 1.82) is 0 Å². The Kier molecular flexibility index (Phi) is 5.20. The Morgan fingerprint density at radius 3 is 1.47 bits per heavy atom. The van der Waals surface area contributed by atoms with E-state index in [2.05, 4.69) is 24.3 Å². The number of phenolic OH excluding ortho intramolecular Hbond substituents is 3. The van der Waals surface area contributed by atoms with Gasteiger partial charge in [0.05, 0.1) is 0 Å². The molecule has 0 fully saturated rings. The quantitative estimate of drug-likeness (QED) is 0.377. The highest BCUT2D eigenvalue weighted by atomic mass is 16.3. The summed E-state index contributed by atoms with van der Waals surface area (Å²) in [4.78, 5) is 0. The van der Waals surface area contributed by atoms with Crippen molar-refractivity contribution < 1.29 is 15.3 Å². The molecule has 0 bridgehead atoms. The molecule has 0 spiro atoms. The van der Waals surface area contributed by atoms with E-state index in [9.17, 15) is 15.3 Å². The second-order valence-corrected chi connectivity index (χ2v) is 7.70. The molecule has 3 nitrogen and oxygen atoms in total. The monoisotopic (exact) mass is 396 g/mol. The normalized spacial score (nSPS) is 11.4. The van der Waals surface area contributed by atoms with Gasteiger partial charge in [-0.25, -0.2) is 0 Å². The van der Waals surface area contributed by atoms with Gasteiger partial charge in [-0.15, -0.1) is 0 Å². The molecule has 30 heavy (non-hydrogen) atoms. The molecule has 0 radical (unpaired) electrons. The first-order valence-corrected chi connectivity index (χ1v) is 9.93. The molecule has 0 aromatic heterocycles. The molecule has 4 rings (SSSR count). The van der Waals surface area contributed by atoms with Gasteiger partial charge in [0.2, 0.25) is 0 Å². The van der Waals surface area contributed by atoms with Crippen LogP contribution in [0.25, 0.3) is 0 Å². The van der Waals surface area contributed by atoms with Crippen LogP contribution in [-0.2, 0) is 11.8 Å². The molecule has 0 aliphatic heterocycles. The zero-order valence-corrected chi connectivity index (χ0v) is 16.8. The van der Waals surface area contributed by atoms with Crippen molar-refractivity contribution in [2.24, 2.45) is 0 Å². The first-order chi connectivity index (χ1) is 14.5. The highest BCUT2D eigenvalue weighted by molar-refractivity contribution is 5.57. The van der Waals surface area contributed by atoms with Crippen molar-refractivity contribution in [3.05, 3.63) is 125 Å². The lowest BCUT2D eigenvalue weighted by Crippen LogP contribution is -2.25. The zero-order valence-electron chi connectivity index (χ0n) is 16.8. The van der Waals surface area contributed by atoms with E-state index < -0.39 is 5.41 Å². The van der Waals surface area contributed by atoms with Crippen LogP contribution in [0.2, 0.25) is 0 Å². The molecule has 150 valence electrons. The Balaban J connectivity index is 1.77. The number of hydrogen-bond donors (Lipinski definition) is 3. The smallest absolute Gasteiger partial charge is 0.120 e. The average molecular weight is 396 g/mol. The second kappa shape index (κ2) is 7.96. The van der Waals surface area contributed by atoms with Crippen LogP contribution in [0, 0.1) is 0 Å². The van der Waals surface area contributed by atoms with E-state index in [1.54, 1.807) is 36.4 Å². The molecule has 3 N–H and O–H groups in total. The van der Waals surface area contributed by atoms with Crippen molar-refractivity contribution in [1.82, 2.24) is 0 Å². The molecule has 0 heterocycles. The van der Waals surface area contributed by atoms with E-state index >= 15 is 0 Å². The minimum atomic E-state index is -0.728. The van der Waals surface area contributed by atoms with Crippen LogP contribution in [-0.4, -0.2) is 15.3 Å². The summed E-state index contributed by atoms with van der Waals surface area (Å²) in [5.74, 6) is 0.642. The van der Waals surface area contributed by atoms with Crippen LogP contribution in [0.3, 0.4) is 0 Å². The third kappa shape index (κ3) is 3.62. The number of rotatable bonds is 5. The summed E-state index contributed by atoms with van der Waals surface area (Å²) in [6.45, 7) is 2.02. The Labute approximate surface area is 176 Å². The molecule has 0 amide bonds. The van der Waals surface area contributed by atoms with Crippen molar-refractivity contribution in [2.45, 2.75) is 18.8 Å². The molecular weight excluding hydrogens is 372 g/mol.